The van der Waals surface area contributed by atoms with Crippen LogP contribution in [-0.4, -0.2) is 51.7 Å². The number of rotatable bonds is 7. The normalized spacial score (nSPS) is 17.7. The van der Waals surface area contributed by atoms with Crippen molar-refractivity contribution < 1.29 is 31.4 Å². The number of aliphatic hydroxyl groups is 1. The van der Waals surface area contributed by atoms with Crippen molar-refractivity contribution in [1.29, 1.82) is 0 Å². The Balaban J connectivity index is 1.71. The number of aromatic nitrogens is 4. The number of imidazole rings is 1. The van der Waals surface area contributed by atoms with Gasteiger partial charge in [-0.25, -0.2) is 27.8 Å². The summed E-state index contributed by atoms with van der Waals surface area (Å²) in [6, 6.07) is 6.83. The van der Waals surface area contributed by atoms with E-state index in [4.69, 9.17) is 4.74 Å². The molecule has 1 N–H and O–H groups in total. The fraction of sp³-hybridized carbons (Fsp3) is 0.346. The first kappa shape index (κ1) is 27.5. The predicted octanol–water partition coefficient (Wildman–Crippen LogP) is 5.35. The van der Waals surface area contributed by atoms with Crippen LogP contribution in [-0.2, 0) is 15.4 Å². The molecule has 2 aromatic carbocycles. The molecule has 0 radical (unpaired) electrons. The van der Waals surface area contributed by atoms with Crippen LogP contribution in [0, 0.1) is 5.82 Å². The lowest BCUT2D eigenvalue weighted by molar-refractivity contribution is -0.0507. The smallest absolute Gasteiger partial charge is 0.387 e. The third kappa shape index (κ3) is 5.39. The van der Waals surface area contributed by atoms with Gasteiger partial charge in [0, 0.05) is 51.8 Å². The second kappa shape index (κ2) is 9.86. The standard InChI is InChI=1S/C26H24BrF3N4O4S/c1-26(2,35)24-31-10-14(11-32-24)15-8-19-18(9-17(15)28)33-23-13(12-39(3,36)37)7-20(34(19)23)22-16(27)5-4-6-21(22)38-25(29)30/h4-6,8-11,13,20,25,35H,7,12H2,1-3H3/t13-,20+/m0/s1. The Labute approximate surface area is 230 Å². The van der Waals surface area contributed by atoms with Crippen LogP contribution in [0.3, 0.4) is 0 Å². The zero-order valence-electron chi connectivity index (χ0n) is 21.1. The molecule has 8 nitrogen and oxygen atoms in total. The Kier molecular flexibility index (Phi) is 6.96. The molecule has 0 spiro atoms. The highest BCUT2D eigenvalue weighted by Crippen LogP contribution is 2.48. The monoisotopic (exact) mass is 624 g/mol. The first-order chi connectivity index (χ1) is 18.2. The van der Waals surface area contributed by atoms with E-state index >= 15 is 4.39 Å². The Morgan fingerprint density at radius 3 is 2.54 bits per heavy atom. The van der Waals surface area contributed by atoms with Crippen molar-refractivity contribution >= 4 is 36.8 Å². The SMILES string of the molecule is CC(C)(O)c1ncc(-c2cc3c(cc2F)nc2n3[C@@H](c3c(Br)cccc3OC(F)F)C[C@H]2CS(C)(=O)=O)cn1. The number of ether oxygens (including phenoxy) is 1. The Hall–Kier alpha value is -3.03. The number of alkyl halides is 2. The van der Waals surface area contributed by atoms with E-state index in [1.54, 1.807) is 22.8 Å². The quantitative estimate of drug-likeness (QED) is 0.295. The lowest BCUT2D eigenvalue weighted by Gasteiger charge is -2.21. The molecule has 2 aromatic heterocycles. The molecule has 0 saturated heterocycles. The zero-order chi connectivity index (χ0) is 28.3. The fourth-order valence-corrected chi connectivity index (χ4v) is 6.66. The summed E-state index contributed by atoms with van der Waals surface area (Å²) in [5.41, 5.74) is 0.394. The average Bonchev–Trinajstić information content (AvgIpc) is 3.34. The number of fused-ring (bicyclic) bond motifs is 3. The van der Waals surface area contributed by atoms with Crippen LogP contribution in [0.2, 0.25) is 0 Å². The molecule has 2 atom stereocenters. The molecule has 3 heterocycles. The first-order valence-electron chi connectivity index (χ1n) is 11.9. The van der Waals surface area contributed by atoms with Gasteiger partial charge in [0.25, 0.3) is 0 Å². The van der Waals surface area contributed by atoms with E-state index in [0.29, 0.717) is 26.9 Å². The lowest BCUT2D eigenvalue weighted by Crippen LogP contribution is -2.19. The molecule has 1 aliphatic rings. The van der Waals surface area contributed by atoms with Crippen molar-refractivity contribution in [2.45, 2.75) is 44.4 Å². The Bertz CT molecular complexity index is 1670. The van der Waals surface area contributed by atoms with Crippen molar-refractivity contribution in [3.05, 3.63) is 70.2 Å². The summed E-state index contributed by atoms with van der Waals surface area (Å²) in [5, 5.41) is 10.2. The van der Waals surface area contributed by atoms with Gasteiger partial charge >= 0.3 is 6.61 Å². The third-order valence-corrected chi connectivity index (χ3v) is 8.27. The number of nitrogens with zero attached hydrogens (tertiary/aromatic N) is 4. The van der Waals surface area contributed by atoms with Crippen LogP contribution in [0.15, 0.2) is 47.2 Å². The molecule has 4 aromatic rings. The van der Waals surface area contributed by atoms with Crippen molar-refractivity contribution in [1.82, 2.24) is 19.5 Å². The van der Waals surface area contributed by atoms with E-state index in [1.807, 2.05) is 0 Å². The third-order valence-electron chi connectivity index (χ3n) is 6.57. The van der Waals surface area contributed by atoms with Gasteiger partial charge in [0.05, 0.1) is 22.8 Å². The summed E-state index contributed by atoms with van der Waals surface area (Å²) < 4.78 is 73.5. The minimum absolute atomic E-state index is 0.0601. The molecule has 0 aliphatic carbocycles. The predicted molar refractivity (Wildman–Crippen MR) is 142 cm³/mol. The number of benzene rings is 2. The first-order valence-corrected chi connectivity index (χ1v) is 14.8. The Morgan fingerprint density at radius 2 is 1.92 bits per heavy atom. The van der Waals surface area contributed by atoms with Crippen molar-refractivity contribution in [3.63, 3.8) is 0 Å². The average molecular weight is 625 g/mol. The summed E-state index contributed by atoms with van der Waals surface area (Å²) in [6.07, 6.45) is 4.17. The molecule has 39 heavy (non-hydrogen) atoms. The molecule has 5 rings (SSSR count). The van der Waals surface area contributed by atoms with E-state index < -0.39 is 39.8 Å². The number of sulfone groups is 1. The fourth-order valence-electron chi connectivity index (χ4n) is 5.03. The summed E-state index contributed by atoms with van der Waals surface area (Å²) in [5.74, 6) is -0.867. The molecular formula is C26H24BrF3N4O4S. The van der Waals surface area contributed by atoms with E-state index in [9.17, 15) is 22.3 Å². The molecule has 0 amide bonds. The number of hydrogen-bond acceptors (Lipinski definition) is 7. The van der Waals surface area contributed by atoms with Crippen LogP contribution in [0.25, 0.3) is 22.2 Å². The van der Waals surface area contributed by atoms with Gasteiger partial charge in [-0.1, -0.05) is 22.0 Å². The topological polar surface area (TPSA) is 107 Å². The Morgan fingerprint density at radius 1 is 1.23 bits per heavy atom. The van der Waals surface area contributed by atoms with Crippen LogP contribution in [0.5, 0.6) is 5.75 Å². The van der Waals surface area contributed by atoms with Gasteiger partial charge in [0.2, 0.25) is 0 Å². The molecule has 0 unspecified atom stereocenters. The van der Waals surface area contributed by atoms with Crippen molar-refractivity contribution in [2.75, 3.05) is 12.0 Å². The van der Waals surface area contributed by atoms with Gasteiger partial charge in [-0.05, 0) is 38.5 Å². The summed E-state index contributed by atoms with van der Waals surface area (Å²) in [4.78, 5) is 12.9. The van der Waals surface area contributed by atoms with Crippen molar-refractivity contribution in [3.8, 4) is 16.9 Å². The van der Waals surface area contributed by atoms with Gasteiger partial charge < -0.3 is 14.4 Å². The molecule has 0 fully saturated rings. The minimum atomic E-state index is -3.44. The molecular weight excluding hydrogens is 601 g/mol. The zero-order valence-corrected chi connectivity index (χ0v) is 23.5. The highest BCUT2D eigenvalue weighted by molar-refractivity contribution is 9.10. The second-order valence-electron chi connectivity index (χ2n) is 10.1. The van der Waals surface area contributed by atoms with Crippen LogP contribution in [0.4, 0.5) is 13.2 Å². The largest absolute Gasteiger partial charge is 0.434 e. The van der Waals surface area contributed by atoms with Gasteiger partial charge in [0.15, 0.2) is 5.82 Å². The van der Waals surface area contributed by atoms with Crippen LogP contribution >= 0.6 is 15.9 Å². The van der Waals surface area contributed by atoms with Gasteiger partial charge in [-0.3, -0.25) is 0 Å². The van der Waals surface area contributed by atoms with E-state index in [-0.39, 0.29) is 34.8 Å². The molecule has 0 bridgehead atoms. The lowest BCUT2D eigenvalue weighted by atomic mass is 9.98. The van der Waals surface area contributed by atoms with Crippen LogP contribution in [0.1, 0.15) is 49.4 Å². The molecule has 0 saturated carbocycles. The van der Waals surface area contributed by atoms with E-state index in [0.717, 1.165) is 6.26 Å². The second-order valence-corrected chi connectivity index (χ2v) is 13.1. The molecule has 206 valence electrons. The number of halogens is 4. The van der Waals surface area contributed by atoms with Gasteiger partial charge in [-0.2, -0.15) is 8.78 Å². The highest BCUT2D eigenvalue weighted by Gasteiger charge is 2.39. The maximum absolute atomic E-state index is 15.3. The maximum atomic E-state index is 15.3. The van der Waals surface area contributed by atoms with E-state index in [2.05, 4.69) is 30.9 Å². The van der Waals surface area contributed by atoms with Gasteiger partial charge in [0.1, 0.15) is 32.8 Å². The summed E-state index contributed by atoms with van der Waals surface area (Å²) in [7, 11) is -3.44. The molecule has 13 heteroatoms. The van der Waals surface area contributed by atoms with Gasteiger partial charge in [-0.15, -0.1) is 0 Å². The summed E-state index contributed by atoms with van der Waals surface area (Å²) in [6.45, 7) is -0.00595. The molecule has 1 aliphatic heterocycles. The number of hydrogen-bond donors (Lipinski definition) is 1. The highest BCUT2D eigenvalue weighted by atomic mass is 79.9. The van der Waals surface area contributed by atoms with Crippen LogP contribution < -0.4 is 4.74 Å². The minimum Gasteiger partial charge on any atom is -0.434 e. The van der Waals surface area contributed by atoms with E-state index in [1.165, 1.54) is 38.4 Å². The maximum Gasteiger partial charge on any atom is 0.387 e. The van der Waals surface area contributed by atoms with Crippen molar-refractivity contribution in [2.24, 2.45) is 0 Å². The summed E-state index contributed by atoms with van der Waals surface area (Å²) >= 11 is 3.44.